The van der Waals surface area contributed by atoms with Crippen LogP contribution < -0.4 is 10.1 Å². The van der Waals surface area contributed by atoms with Crippen LogP contribution >= 0.6 is 11.3 Å². The van der Waals surface area contributed by atoms with Crippen molar-refractivity contribution in [3.63, 3.8) is 0 Å². The molecule has 0 aliphatic heterocycles. The maximum Gasteiger partial charge on any atom is 0.328 e. The van der Waals surface area contributed by atoms with E-state index in [1.54, 1.807) is 5.38 Å². The molecule has 25 heavy (non-hydrogen) atoms. The van der Waals surface area contributed by atoms with E-state index in [4.69, 9.17) is 14.6 Å². The van der Waals surface area contributed by atoms with Gasteiger partial charge < -0.3 is 19.9 Å². The van der Waals surface area contributed by atoms with Crippen molar-refractivity contribution < 1.29 is 24.2 Å². The maximum absolute atomic E-state index is 12.1. The number of methoxy groups -OCH3 is 1. The van der Waals surface area contributed by atoms with E-state index < -0.39 is 17.9 Å². The molecule has 134 valence electrons. The van der Waals surface area contributed by atoms with Crippen LogP contribution in [0.3, 0.4) is 0 Å². The fourth-order valence-electron chi connectivity index (χ4n) is 2.00. The molecule has 2 rings (SSSR count). The van der Waals surface area contributed by atoms with Gasteiger partial charge in [-0.3, -0.25) is 4.79 Å². The number of rotatable bonds is 9. The van der Waals surface area contributed by atoms with Crippen molar-refractivity contribution in [2.24, 2.45) is 0 Å². The number of aromatic nitrogens is 1. The molecule has 2 N–H and O–H groups in total. The van der Waals surface area contributed by atoms with Crippen molar-refractivity contribution in [1.82, 2.24) is 10.3 Å². The molecule has 1 aromatic heterocycles. The fourth-order valence-corrected chi connectivity index (χ4v) is 2.80. The molecule has 0 aliphatic rings. The number of nitrogens with zero attached hydrogens (tertiary/aromatic N) is 1. The van der Waals surface area contributed by atoms with Crippen LogP contribution in [0.15, 0.2) is 29.6 Å². The Kier molecular flexibility index (Phi) is 6.91. The normalized spacial score (nSPS) is 11.8. The summed E-state index contributed by atoms with van der Waals surface area (Å²) >= 11 is 1.31. The number of amides is 1. The zero-order valence-corrected chi connectivity index (χ0v) is 14.8. The van der Waals surface area contributed by atoms with E-state index in [0.717, 1.165) is 17.7 Å². The smallest absolute Gasteiger partial charge is 0.328 e. The van der Waals surface area contributed by atoms with Crippen molar-refractivity contribution in [1.29, 1.82) is 0 Å². The molecule has 0 fully saturated rings. The molecule has 0 spiro atoms. The minimum absolute atomic E-state index is 0.114. The van der Waals surface area contributed by atoms with E-state index in [1.165, 1.54) is 18.4 Å². The highest BCUT2D eigenvalue weighted by Gasteiger charge is 2.22. The second kappa shape index (κ2) is 9.14. The number of aliphatic carboxylic acids is 1. The molecule has 2 aromatic rings. The molecule has 0 radical (unpaired) electrons. The predicted octanol–water partition coefficient (Wildman–Crippen LogP) is 2.43. The molecule has 1 heterocycles. The first kappa shape index (κ1) is 18.9. The Morgan fingerprint density at radius 2 is 2.04 bits per heavy atom. The molecule has 0 bridgehead atoms. The summed E-state index contributed by atoms with van der Waals surface area (Å²) in [5, 5.41) is 13.7. The molecular weight excluding hydrogens is 344 g/mol. The minimum Gasteiger partial charge on any atom is -0.494 e. The number of hydrogen-bond acceptors (Lipinski definition) is 6. The van der Waals surface area contributed by atoms with E-state index in [2.05, 4.69) is 10.3 Å². The fraction of sp³-hybridized carbons (Fsp3) is 0.353. The largest absolute Gasteiger partial charge is 0.494 e. The third-order valence-electron chi connectivity index (χ3n) is 3.25. The number of thiazole rings is 1. The number of carbonyl (C=O) groups is 2. The first-order valence-electron chi connectivity index (χ1n) is 7.76. The van der Waals surface area contributed by atoms with Gasteiger partial charge in [0.25, 0.3) is 5.91 Å². The first-order valence-corrected chi connectivity index (χ1v) is 8.64. The van der Waals surface area contributed by atoms with Crippen LogP contribution in [0.1, 0.15) is 23.8 Å². The molecule has 7 nitrogen and oxygen atoms in total. The van der Waals surface area contributed by atoms with Gasteiger partial charge in [-0.15, -0.1) is 11.3 Å². The van der Waals surface area contributed by atoms with Crippen LogP contribution in [0.2, 0.25) is 0 Å². The van der Waals surface area contributed by atoms with Gasteiger partial charge in [-0.25, -0.2) is 9.78 Å². The van der Waals surface area contributed by atoms with Crippen LogP contribution in [-0.2, 0) is 9.53 Å². The molecule has 0 saturated carbocycles. The zero-order valence-electron chi connectivity index (χ0n) is 14.0. The van der Waals surface area contributed by atoms with Crippen molar-refractivity contribution >= 4 is 23.2 Å². The molecule has 1 unspecified atom stereocenters. The van der Waals surface area contributed by atoms with E-state index >= 15 is 0 Å². The Bertz CT molecular complexity index is 714. The van der Waals surface area contributed by atoms with Crippen molar-refractivity contribution in [3.8, 4) is 16.3 Å². The zero-order chi connectivity index (χ0) is 18.2. The van der Waals surface area contributed by atoms with Gasteiger partial charge >= 0.3 is 5.97 Å². The monoisotopic (exact) mass is 364 g/mol. The van der Waals surface area contributed by atoms with Crippen molar-refractivity contribution in [2.75, 3.05) is 20.3 Å². The van der Waals surface area contributed by atoms with Gasteiger partial charge in [0.2, 0.25) is 0 Å². The Balaban J connectivity index is 2.05. The molecule has 1 amide bonds. The lowest BCUT2D eigenvalue weighted by Gasteiger charge is -2.12. The number of carboxylic acid groups (broad SMARTS) is 1. The van der Waals surface area contributed by atoms with Gasteiger partial charge in [0.15, 0.2) is 6.04 Å². The average molecular weight is 364 g/mol. The molecule has 0 aliphatic carbocycles. The summed E-state index contributed by atoms with van der Waals surface area (Å²) in [6.45, 7) is 2.59. The van der Waals surface area contributed by atoms with Crippen LogP contribution in [0.4, 0.5) is 0 Å². The maximum atomic E-state index is 12.1. The molecule has 0 saturated heterocycles. The van der Waals surface area contributed by atoms with Crippen molar-refractivity contribution in [3.05, 3.63) is 35.3 Å². The number of benzene rings is 1. The lowest BCUT2D eigenvalue weighted by atomic mass is 10.2. The molecule has 1 atom stereocenters. The summed E-state index contributed by atoms with van der Waals surface area (Å²) in [4.78, 5) is 27.5. The molecule has 1 aromatic carbocycles. The van der Waals surface area contributed by atoms with E-state index in [0.29, 0.717) is 11.6 Å². The quantitative estimate of drug-likeness (QED) is 0.709. The number of ether oxygens (including phenoxy) is 2. The predicted molar refractivity (Wildman–Crippen MR) is 94.1 cm³/mol. The standard InChI is InChI=1S/C17H20N2O5S/c1-3-8-24-12-6-4-11(5-7-12)16-19-14(10-25-16)15(20)18-13(9-23-2)17(21)22/h4-7,10,13H,3,8-9H2,1-2H3,(H,18,20)(H,21,22). The van der Waals surface area contributed by atoms with E-state index in [9.17, 15) is 9.59 Å². The van der Waals surface area contributed by atoms with E-state index in [-0.39, 0.29) is 12.3 Å². The summed E-state index contributed by atoms with van der Waals surface area (Å²) in [6.07, 6.45) is 0.938. The second-order valence-electron chi connectivity index (χ2n) is 5.23. The third kappa shape index (κ3) is 5.27. The number of nitrogens with one attached hydrogen (secondary N) is 1. The van der Waals surface area contributed by atoms with Crippen LogP contribution in [-0.4, -0.2) is 48.3 Å². The molecule has 8 heteroatoms. The Labute approximate surface area is 149 Å². The van der Waals surface area contributed by atoms with Gasteiger partial charge in [0.05, 0.1) is 13.2 Å². The molecular formula is C17H20N2O5S. The lowest BCUT2D eigenvalue weighted by Crippen LogP contribution is -2.43. The SMILES string of the molecule is CCCOc1ccc(-c2nc(C(=O)NC(COC)C(=O)O)cs2)cc1. The van der Waals surface area contributed by atoms with Crippen molar-refractivity contribution in [2.45, 2.75) is 19.4 Å². The van der Waals surface area contributed by atoms with Gasteiger partial charge in [-0.1, -0.05) is 6.92 Å². The summed E-state index contributed by atoms with van der Waals surface area (Å²) < 4.78 is 10.3. The Hall–Kier alpha value is -2.45. The summed E-state index contributed by atoms with van der Waals surface area (Å²) in [7, 11) is 1.37. The average Bonchev–Trinajstić information content (AvgIpc) is 3.10. The first-order chi connectivity index (χ1) is 12.0. The third-order valence-corrected chi connectivity index (χ3v) is 4.14. The number of carboxylic acids is 1. The van der Waals surface area contributed by atoms with Crippen LogP contribution in [0, 0.1) is 0 Å². The lowest BCUT2D eigenvalue weighted by molar-refractivity contribution is -0.140. The Morgan fingerprint density at radius 3 is 2.64 bits per heavy atom. The topological polar surface area (TPSA) is 97.8 Å². The number of hydrogen-bond donors (Lipinski definition) is 2. The minimum atomic E-state index is -1.16. The highest BCUT2D eigenvalue weighted by Crippen LogP contribution is 2.25. The number of carbonyl (C=O) groups excluding carboxylic acids is 1. The summed E-state index contributed by atoms with van der Waals surface area (Å²) in [5.74, 6) is -0.924. The van der Waals surface area contributed by atoms with Gasteiger partial charge in [-0.2, -0.15) is 0 Å². The highest BCUT2D eigenvalue weighted by molar-refractivity contribution is 7.13. The highest BCUT2D eigenvalue weighted by atomic mass is 32.1. The summed E-state index contributed by atoms with van der Waals surface area (Å²) in [5.41, 5.74) is 1.04. The summed E-state index contributed by atoms with van der Waals surface area (Å²) in [6, 6.07) is 6.33. The van der Waals surface area contributed by atoms with Gasteiger partial charge in [-0.05, 0) is 30.7 Å². The van der Waals surface area contributed by atoms with Gasteiger partial charge in [0.1, 0.15) is 16.5 Å². The second-order valence-corrected chi connectivity index (χ2v) is 6.09. The Morgan fingerprint density at radius 1 is 1.32 bits per heavy atom. The van der Waals surface area contributed by atoms with E-state index in [1.807, 2.05) is 31.2 Å². The van der Waals surface area contributed by atoms with Gasteiger partial charge in [0, 0.05) is 18.1 Å². The van der Waals surface area contributed by atoms with Crippen LogP contribution in [0.25, 0.3) is 10.6 Å². The van der Waals surface area contributed by atoms with Crippen LogP contribution in [0.5, 0.6) is 5.75 Å².